The van der Waals surface area contributed by atoms with Gasteiger partial charge in [0.25, 0.3) is 0 Å². The molecule has 0 bridgehead atoms. The maximum absolute atomic E-state index is 10.6. The van der Waals surface area contributed by atoms with Crippen molar-refractivity contribution in [3.63, 3.8) is 0 Å². The van der Waals surface area contributed by atoms with Gasteiger partial charge in [0.1, 0.15) is 11.9 Å². The number of aliphatic hydroxyl groups is 1. The number of rotatable bonds is 3. The van der Waals surface area contributed by atoms with E-state index in [4.69, 9.17) is 17.0 Å². The van der Waals surface area contributed by atoms with Crippen molar-refractivity contribution in [1.82, 2.24) is 0 Å². The van der Waals surface area contributed by atoms with Crippen LogP contribution in [0.15, 0.2) is 11.6 Å². The molecule has 3 nitrogen and oxygen atoms in total. The summed E-state index contributed by atoms with van der Waals surface area (Å²) in [7, 11) is 0. The number of halogens is 1. The van der Waals surface area contributed by atoms with Gasteiger partial charge in [0.05, 0.1) is 6.10 Å². The molecule has 0 radical (unpaired) electrons. The van der Waals surface area contributed by atoms with Crippen molar-refractivity contribution in [3.8, 4) is 0 Å². The van der Waals surface area contributed by atoms with Crippen LogP contribution in [0.4, 0.5) is 0 Å². The average molecular weight is 179 g/mol. The summed E-state index contributed by atoms with van der Waals surface area (Å²) in [4.78, 5) is 10.6. The molecule has 0 fully saturated rings. The lowest BCUT2D eigenvalue weighted by Gasteiger charge is -2.01. The zero-order valence-electron chi connectivity index (χ0n) is 6.50. The van der Waals surface area contributed by atoms with Gasteiger partial charge in [-0.05, 0) is 19.4 Å². The van der Waals surface area contributed by atoms with Crippen molar-refractivity contribution in [2.45, 2.75) is 26.4 Å². The SMILES string of the molecule is CCC(O)C=C(C)C(=O)OCl. The number of aliphatic hydroxyl groups excluding tert-OH is 1. The van der Waals surface area contributed by atoms with Gasteiger partial charge in [-0.25, -0.2) is 4.79 Å². The summed E-state index contributed by atoms with van der Waals surface area (Å²) >= 11 is 4.80. The molecule has 11 heavy (non-hydrogen) atoms. The second kappa shape index (κ2) is 5.16. The highest BCUT2D eigenvalue weighted by molar-refractivity contribution is 6.15. The zero-order valence-corrected chi connectivity index (χ0v) is 7.26. The Morgan fingerprint density at radius 1 is 1.82 bits per heavy atom. The maximum atomic E-state index is 10.6. The minimum absolute atomic E-state index is 0.314. The fourth-order valence-corrected chi connectivity index (χ4v) is 0.657. The topological polar surface area (TPSA) is 46.5 Å². The van der Waals surface area contributed by atoms with E-state index in [2.05, 4.69) is 4.29 Å². The second-order valence-electron chi connectivity index (χ2n) is 2.19. The summed E-state index contributed by atoms with van der Waals surface area (Å²) in [6.45, 7) is 3.34. The van der Waals surface area contributed by atoms with E-state index in [0.717, 1.165) is 0 Å². The van der Waals surface area contributed by atoms with Crippen LogP contribution in [0.3, 0.4) is 0 Å². The third-order valence-electron chi connectivity index (χ3n) is 1.25. The van der Waals surface area contributed by atoms with Crippen LogP contribution in [-0.4, -0.2) is 17.2 Å². The van der Waals surface area contributed by atoms with Crippen LogP contribution < -0.4 is 0 Å². The van der Waals surface area contributed by atoms with Crippen molar-refractivity contribution < 1.29 is 14.2 Å². The van der Waals surface area contributed by atoms with E-state index < -0.39 is 12.1 Å². The lowest BCUT2D eigenvalue weighted by Crippen LogP contribution is -2.05. The lowest BCUT2D eigenvalue weighted by atomic mass is 10.2. The van der Waals surface area contributed by atoms with Gasteiger partial charge in [-0.1, -0.05) is 6.92 Å². The summed E-state index contributed by atoms with van der Waals surface area (Å²) in [6.07, 6.45) is 1.36. The molecule has 0 amide bonds. The molecule has 0 aliphatic rings. The monoisotopic (exact) mass is 178 g/mol. The Hall–Kier alpha value is -0.540. The van der Waals surface area contributed by atoms with Crippen molar-refractivity contribution in [2.24, 2.45) is 0 Å². The van der Waals surface area contributed by atoms with Crippen LogP contribution in [0.2, 0.25) is 0 Å². The van der Waals surface area contributed by atoms with E-state index in [-0.39, 0.29) is 0 Å². The molecule has 1 atom stereocenters. The van der Waals surface area contributed by atoms with Crippen LogP contribution >= 0.6 is 11.9 Å². The van der Waals surface area contributed by atoms with Gasteiger partial charge < -0.3 is 9.40 Å². The summed E-state index contributed by atoms with van der Waals surface area (Å²) in [5, 5.41) is 9.05. The van der Waals surface area contributed by atoms with Crippen LogP contribution in [0.1, 0.15) is 20.3 Å². The third kappa shape index (κ3) is 4.01. The van der Waals surface area contributed by atoms with Crippen molar-refractivity contribution in [1.29, 1.82) is 0 Å². The molecule has 0 heterocycles. The molecule has 64 valence electrons. The average Bonchev–Trinajstić information content (AvgIpc) is 2.02. The van der Waals surface area contributed by atoms with Gasteiger partial charge in [0.2, 0.25) is 0 Å². The van der Waals surface area contributed by atoms with Gasteiger partial charge in [-0.2, -0.15) is 0 Å². The molecule has 0 aliphatic carbocycles. The molecular weight excluding hydrogens is 168 g/mol. The van der Waals surface area contributed by atoms with Crippen LogP contribution in [-0.2, 0) is 9.08 Å². The van der Waals surface area contributed by atoms with E-state index >= 15 is 0 Å². The predicted molar refractivity (Wildman–Crippen MR) is 42.0 cm³/mol. The highest BCUT2D eigenvalue weighted by atomic mass is 35.5. The van der Waals surface area contributed by atoms with Crippen molar-refractivity contribution in [3.05, 3.63) is 11.6 Å². The Morgan fingerprint density at radius 3 is 2.73 bits per heavy atom. The van der Waals surface area contributed by atoms with Crippen LogP contribution in [0.5, 0.6) is 0 Å². The largest absolute Gasteiger partial charge is 0.389 e. The fourth-order valence-electron chi connectivity index (χ4n) is 0.535. The van der Waals surface area contributed by atoms with Gasteiger partial charge in [-0.15, -0.1) is 0 Å². The molecule has 0 aromatic rings. The van der Waals surface area contributed by atoms with E-state index in [0.29, 0.717) is 12.0 Å². The molecule has 0 aliphatic heterocycles. The van der Waals surface area contributed by atoms with Crippen LogP contribution in [0.25, 0.3) is 0 Å². The molecule has 1 unspecified atom stereocenters. The van der Waals surface area contributed by atoms with E-state index in [9.17, 15) is 4.79 Å². The molecule has 0 aromatic carbocycles. The minimum atomic E-state index is -0.626. The molecule has 4 heteroatoms. The highest BCUT2D eigenvalue weighted by Crippen LogP contribution is 2.02. The Kier molecular flexibility index (Phi) is 4.90. The molecule has 0 spiro atoms. The Morgan fingerprint density at radius 2 is 2.36 bits per heavy atom. The molecule has 0 saturated carbocycles. The first-order chi connectivity index (χ1) is 5.11. The van der Waals surface area contributed by atoms with Crippen molar-refractivity contribution in [2.75, 3.05) is 0 Å². The first-order valence-corrected chi connectivity index (χ1v) is 3.62. The lowest BCUT2D eigenvalue weighted by molar-refractivity contribution is -0.129. The predicted octanol–water partition coefficient (Wildman–Crippen LogP) is 1.40. The standard InChI is InChI=1S/C7H11ClO3/c1-3-6(9)4-5(2)7(10)11-8/h4,6,9H,3H2,1-2H3. The summed E-state index contributed by atoms with van der Waals surface area (Å²) in [5.74, 6) is -0.626. The Bertz CT molecular complexity index is 165. The molecule has 0 rings (SSSR count). The smallest absolute Gasteiger partial charge is 0.351 e. The number of hydrogen-bond acceptors (Lipinski definition) is 3. The van der Waals surface area contributed by atoms with E-state index in [1.165, 1.54) is 13.0 Å². The third-order valence-corrected chi connectivity index (χ3v) is 1.39. The molecule has 0 saturated heterocycles. The molecular formula is C7H11ClO3. The van der Waals surface area contributed by atoms with Crippen molar-refractivity contribution >= 4 is 17.8 Å². The van der Waals surface area contributed by atoms with Crippen LogP contribution in [0, 0.1) is 0 Å². The second-order valence-corrected chi connectivity index (χ2v) is 2.34. The number of carbonyl (C=O) groups is 1. The molecule has 0 aromatic heterocycles. The molecule has 1 N–H and O–H groups in total. The quantitative estimate of drug-likeness (QED) is 0.665. The zero-order chi connectivity index (χ0) is 8.85. The van der Waals surface area contributed by atoms with Gasteiger partial charge in [-0.3, -0.25) is 0 Å². The van der Waals surface area contributed by atoms with Gasteiger partial charge >= 0.3 is 5.97 Å². The van der Waals surface area contributed by atoms with Gasteiger partial charge in [0, 0.05) is 5.57 Å². The van der Waals surface area contributed by atoms with E-state index in [1.807, 2.05) is 0 Å². The minimum Gasteiger partial charge on any atom is -0.389 e. The first-order valence-electron chi connectivity index (χ1n) is 3.31. The maximum Gasteiger partial charge on any atom is 0.351 e. The number of hydrogen-bond donors (Lipinski definition) is 1. The summed E-state index contributed by atoms with van der Waals surface area (Å²) in [5.41, 5.74) is 0.314. The fraction of sp³-hybridized carbons (Fsp3) is 0.571. The Labute approximate surface area is 70.8 Å². The van der Waals surface area contributed by atoms with E-state index in [1.54, 1.807) is 6.92 Å². The normalized spacial score (nSPS) is 14.4. The summed E-state index contributed by atoms with van der Waals surface area (Å²) in [6, 6.07) is 0. The first kappa shape index (κ1) is 10.5. The summed E-state index contributed by atoms with van der Waals surface area (Å²) < 4.78 is 3.91. The van der Waals surface area contributed by atoms with Gasteiger partial charge in [0.15, 0.2) is 0 Å². The highest BCUT2D eigenvalue weighted by Gasteiger charge is 2.06. The Balaban J connectivity index is 4.09. The number of carbonyl (C=O) groups excluding carboxylic acids is 1.